The first-order valence-electron chi connectivity index (χ1n) is 7.46. The molecule has 1 N–H and O–H groups in total. The Labute approximate surface area is 121 Å². The lowest BCUT2D eigenvalue weighted by Gasteiger charge is -2.32. The van der Waals surface area contributed by atoms with Gasteiger partial charge in [-0.2, -0.15) is 0 Å². The van der Waals surface area contributed by atoms with Gasteiger partial charge in [-0.1, -0.05) is 25.1 Å². The average molecular weight is 276 g/mol. The Kier molecular flexibility index (Phi) is 5.87. The van der Waals surface area contributed by atoms with Crippen LogP contribution < -0.4 is 10.1 Å². The van der Waals surface area contributed by atoms with E-state index in [0.29, 0.717) is 5.92 Å². The topological polar surface area (TPSA) is 41.6 Å². The molecule has 4 heteroatoms. The average Bonchev–Trinajstić information content (AvgIpc) is 2.52. The normalized spacial score (nSPS) is 16.1. The van der Waals surface area contributed by atoms with Gasteiger partial charge in [0, 0.05) is 13.1 Å². The third-order valence-corrected chi connectivity index (χ3v) is 3.76. The predicted molar refractivity (Wildman–Crippen MR) is 79.8 cm³/mol. The van der Waals surface area contributed by atoms with Crippen LogP contribution in [0.1, 0.15) is 19.8 Å². The summed E-state index contributed by atoms with van der Waals surface area (Å²) in [7, 11) is 0. The summed E-state index contributed by atoms with van der Waals surface area (Å²) in [4.78, 5) is 14.0. The molecule has 0 saturated carbocycles. The highest BCUT2D eigenvalue weighted by molar-refractivity contribution is 5.77. The van der Waals surface area contributed by atoms with Gasteiger partial charge in [-0.25, -0.2) is 0 Å². The number of carbonyl (C=O) groups excluding carboxylic acids is 1. The fraction of sp³-hybridized carbons (Fsp3) is 0.562. The van der Waals surface area contributed by atoms with Crippen LogP contribution in [-0.4, -0.2) is 43.6 Å². The number of hydrogen-bond acceptors (Lipinski definition) is 3. The van der Waals surface area contributed by atoms with E-state index < -0.39 is 0 Å². The van der Waals surface area contributed by atoms with E-state index >= 15 is 0 Å². The summed E-state index contributed by atoms with van der Waals surface area (Å²) in [5, 5.41) is 3.38. The Morgan fingerprint density at radius 2 is 2.00 bits per heavy atom. The van der Waals surface area contributed by atoms with Crippen LogP contribution in [0.25, 0.3) is 0 Å². The first-order chi connectivity index (χ1) is 9.79. The molecule has 0 spiro atoms. The molecule has 1 saturated heterocycles. The van der Waals surface area contributed by atoms with Crippen LogP contribution in [0.4, 0.5) is 0 Å². The van der Waals surface area contributed by atoms with Crippen LogP contribution >= 0.6 is 0 Å². The van der Waals surface area contributed by atoms with E-state index in [1.165, 1.54) is 0 Å². The standard InChI is InChI=1S/C16H24N2O2/c1-2-17-12-14-8-10-18(11-9-14)16(19)13-20-15-6-4-3-5-7-15/h3-7,14,17H,2,8-13H2,1H3. The van der Waals surface area contributed by atoms with Crippen LogP contribution in [0.5, 0.6) is 5.75 Å². The third kappa shape index (κ3) is 4.53. The Hall–Kier alpha value is -1.55. The number of piperidine rings is 1. The molecule has 1 aliphatic rings. The van der Waals surface area contributed by atoms with Gasteiger partial charge in [0.2, 0.25) is 0 Å². The minimum Gasteiger partial charge on any atom is -0.484 e. The molecular formula is C16H24N2O2. The highest BCUT2D eigenvalue weighted by Gasteiger charge is 2.22. The van der Waals surface area contributed by atoms with Crippen molar-refractivity contribution >= 4 is 5.91 Å². The van der Waals surface area contributed by atoms with Crippen molar-refractivity contribution < 1.29 is 9.53 Å². The van der Waals surface area contributed by atoms with Gasteiger partial charge in [-0.3, -0.25) is 4.79 Å². The lowest BCUT2D eigenvalue weighted by Crippen LogP contribution is -2.42. The van der Waals surface area contributed by atoms with Crippen molar-refractivity contribution in [1.82, 2.24) is 10.2 Å². The second-order valence-electron chi connectivity index (χ2n) is 5.23. The molecule has 0 bridgehead atoms. The summed E-state index contributed by atoms with van der Waals surface area (Å²) in [5.41, 5.74) is 0. The highest BCUT2D eigenvalue weighted by atomic mass is 16.5. The van der Waals surface area contributed by atoms with Gasteiger partial charge < -0.3 is 15.0 Å². The summed E-state index contributed by atoms with van der Waals surface area (Å²) in [6, 6.07) is 9.49. The summed E-state index contributed by atoms with van der Waals surface area (Å²) in [6.45, 7) is 6.06. The summed E-state index contributed by atoms with van der Waals surface area (Å²) >= 11 is 0. The van der Waals surface area contributed by atoms with E-state index in [1.807, 2.05) is 35.2 Å². The number of nitrogens with one attached hydrogen (secondary N) is 1. The number of nitrogens with zero attached hydrogens (tertiary/aromatic N) is 1. The van der Waals surface area contributed by atoms with E-state index in [2.05, 4.69) is 12.2 Å². The molecule has 1 heterocycles. The van der Waals surface area contributed by atoms with Gasteiger partial charge in [-0.15, -0.1) is 0 Å². The van der Waals surface area contributed by atoms with E-state index in [0.717, 1.165) is 44.8 Å². The molecule has 0 unspecified atom stereocenters. The molecule has 1 amide bonds. The molecule has 20 heavy (non-hydrogen) atoms. The van der Waals surface area contributed by atoms with Crippen LogP contribution in [-0.2, 0) is 4.79 Å². The monoisotopic (exact) mass is 276 g/mol. The smallest absolute Gasteiger partial charge is 0.260 e. The number of likely N-dealkylation sites (tertiary alicyclic amines) is 1. The first kappa shape index (κ1) is 14.9. The lowest BCUT2D eigenvalue weighted by atomic mass is 9.97. The van der Waals surface area contributed by atoms with Crippen molar-refractivity contribution in [2.45, 2.75) is 19.8 Å². The van der Waals surface area contributed by atoms with Gasteiger partial charge in [0.05, 0.1) is 0 Å². The second-order valence-corrected chi connectivity index (χ2v) is 5.23. The maximum Gasteiger partial charge on any atom is 0.260 e. The Balaban J connectivity index is 1.69. The van der Waals surface area contributed by atoms with Crippen molar-refractivity contribution in [2.24, 2.45) is 5.92 Å². The van der Waals surface area contributed by atoms with Crippen molar-refractivity contribution in [3.05, 3.63) is 30.3 Å². The first-order valence-corrected chi connectivity index (χ1v) is 7.46. The number of para-hydroxylation sites is 1. The molecule has 0 aromatic heterocycles. The van der Waals surface area contributed by atoms with E-state index in [9.17, 15) is 4.79 Å². The number of carbonyl (C=O) groups is 1. The Morgan fingerprint density at radius 1 is 1.30 bits per heavy atom. The van der Waals surface area contributed by atoms with E-state index in [-0.39, 0.29) is 12.5 Å². The zero-order chi connectivity index (χ0) is 14.2. The maximum atomic E-state index is 12.1. The minimum atomic E-state index is 0.0933. The molecular weight excluding hydrogens is 252 g/mol. The van der Waals surface area contributed by atoms with Crippen LogP contribution in [0.3, 0.4) is 0 Å². The fourth-order valence-corrected chi connectivity index (χ4v) is 2.49. The molecule has 1 aromatic carbocycles. The molecule has 0 radical (unpaired) electrons. The number of benzene rings is 1. The van der Waals surface area contributed by atoms with Gasteiger partial charge in [0.15, 0.2) is 6.61 Å². The van der Waals surface area contributed by atoms with Crippen LogP contribution in [0.15, 0.2) is 30.3 Å². The van der Waals surface area contributed by atoms with Crippen molar-refractivity contribution in [3.63, 3.8) is 0 Å². The zero-order valence-electron chi connectivity index (χ0n) is 12.2. The predicted octanol–water partition coefficient (Wildman–Crippen LogP) is 1.91. The SMILES string of the molecule is CCNCC1CCN(C(=O)COc2ccccc2)CC1. The van der Waals surface area contributed by atoms with Crippen LogP contribution in [0.2, 0.25) is 0 Å². The van der Waals surface area contributed by atoms with Gasteiger partial charge in [0.1, 0.15) is 5.75 Å². The molecule has 1 aromatic rings. The van der Waals surface area contributed by atoms with Crippen molar-refractivity contribution in [3.8, 4) is 5.75 Å². The number of hydrogen-bond donors (Lipinski definition) is 1. The van der Waals surface area contributed by atoms with Crippen LogP contribution in [0, 0.1) is 5.92 Å². The Bertz CT molecular complexity index is 400. The molecule has 2 rings (SSSR count). The largest absolute Gasteiger partial charge is 0.484 e. The highest BCUT2D eigenvalue weighted by Crippen LogP contribution is 2.17. The molecule has 1 aliphatic heterocycles. The van der Waals surface area contributed by atoms with E-state index in [1.54, 1.807) is 0 Å². The summed E-state index contributed by atoms with van der Waals surface area (Å²) < 4.78 is 5.51. The molecule has 0 atom stereocenters. The zero-order valence-corrected chi connectivity index (χ0v) is 12.2. The fourth-order valence-electron chi connectivity index (χ4n) is 2.49. The third-order valence-electron chi connectivity index (χ3n) is 3.76. The minimum absolute atomic E-state index is 0.0933. The molecule has 1 fully saturated rings. The maximum absolute atomic E-state index is 12.1. The number of rotatable bonds is 6. The van der Waals surface area contributed by atoms with E-state index in [4.69, 9.17) is 4.74 Å². The summed E-state index contributed by atoms with van der Waals surface area (Å²) in [6.07, 6.45) is 2.17. The van der Waals surface area contributed by atoms with Gasteiger partial charge in [0.25, 0.3) is 5.91 Å². The second kappa shape index (κ2) is 7.90. The number of amides is 1. The van der Waals surface area contributed by atoms with Gasteiger partial charge in [-0.05, 0) is 44.0 Å². The molecule has 110 valence electrons. The number of ether oxygens (including phenoxy) is 1. The Morgan fingerprint density at radius 3 is 2.65 bits per heavy atom. The van der Waals surface area contributed by atoms with Gasteiger partial charge >= 0.3 is 0 Å². The van der Waals surface area contributed by atoms with Crippen molar-refractivity contribution in [2.75, 3.05) is 32.8 Å². The quantitative estimate of drug-likeness (QED) is 0.863. The molecule has 4 nitrogen and oxygen atoms in total. The molecule has 0 aliphatic carbocycles. The van der Waals surface area contributed by atoms with Crippen molar-refractivity contribution in [1.29, 1.82) is 0 Å². The summed E-state index contributed by atoms with van der Waals surface area (Å²) in [5.74, 6) is 1.55. The lowest BCUT2D eigenvalue weighted by molar-refractivity contribution is -0.134.